The number of benzene rings is 1. The molecule has 3 rings (SSSR count). The molecule has 0 saturated heterocycles. The van der Waals surface area contributed by atoms with Crippen LogP contribution in [0.5, 0.6) is 5.75 Å². The van der Waals surface area contributed by atoms with E-state index in [2.05, 4.69) is 9.97 Å². The highest BCUT2D eigenvalue weighted by Gasteiger charge is 2.01. The maximum Gasteiger partial charge on any atom is 0.115 e. The quantitative estimate of drug-likeness (QED) is 0.688. The van der Waals surface area contributed by atoms with Crippen molar-refractivity contribution in [2.24, 2.45) is 0 Å². The largest absolute Gasteiger partial charge is 0.508 e. The molecule has 3 nitrogen and oxygen atoms in total. The minimum absolute atomic E-state index is 0.264. The van der Waals surface area contributed by atoms with Crippen molar-refractivity contribution in [1.29, 1.82) is 0 Å². The Hall–Kier alpha value is -2.42. The first-order valence-electron chi connectivity index (χ1n) is 5.33. The highest BCUT2D eigenvalue weighted by Crippen LogP contribution is 2.23. The molecular weight excluding hydrogens is 212 g/mol. The number of phenolic OH excluding ortho intramolecular Hbond substituents is 1. The van der Waals surface area contributed by atoms with E-state index in [1.54, 1.807) is 18.3 Å². The number of pyridine rings is 2. The summed E-state index contributed by atoms with van der Waals surface area (Å²) in [5, 5.41) is 9.25. The summed E-state index contributed by atoms with van der Waals surface area (Å²) in [6.45, 7) is 0. The fraction of sp³-hybridized carbons (Fsp3) is 0. The molecule has 2 heterocycles. The average molecular weight is 222 g/mol. The van der Waals surface area contributed by atoms with Gasteiger partial charge in [0.25, 0.3) is 0 Å². The smallest absolute Gasteiger partial charge is 0.115 e. The van der Waals surface area contributed by atoms with Crippen LogP contribution in [0.2, 0.25) is 0 Å². The van der Waals surface area contributed by atoms with E-state index >= 15 is 0 Å². The molecular formula is C14H10N2O. The Bertz CT molecular complexity index is 662. The maximum absolute atomic E-state index is 9.25. The number of aromatic nitrogens is 2. The molecule has 3 heteroatoms. The van der Waals surface area contributed by atoms with E-state index in [0.29, 0.717) is 0 Å². The third kappa shape index (κ3) is 1.83. The second kappa shape index (κ2) is 3.87. The van der Waals surface area contributed by atoms with Crippen LogP contribution in [0, 0.1) is 0 Å². The van der Waals surface area contributed by atoms with Gasteiger partial charge < -0.3 is 5.11 Å². The van der Waals surface area contributed by atoms with Gasteiger partial charge in [-0.1, -0.05) is 12.1 Å². The molecule has 0 unspecified atom stereocenters. The molecule has 0 bridgehead atoms. The molecule has 0 aliphatic rings. The van der Waals surface area contributed by atoms with Crippen LogP contribution in [0.15, 0.2) is 54.9 Å². The Labute approximate surface area is 98.4 Å². The van der Waals surface area contributed by atoms with Crippen LogP contribution in [0.4, 0.5) is 0 Å². The topological polar surface area (TPSA) is 46.0 Å². The molecule has 3 aromatic rings. The normalized spacial score (nSPS) is 10.6. The summed E-state index contributed by atoms with van der Waals surface area (Å²) in [5.74, 6) is 0.264. The number of nitrogens with zero attached hydrogens (tertiary/aromatic N) is 2. The van der Waals surface area contributed by atoms with Crippen LogP contribution in [-0.2, 0) is 0 Å². The average Bonchev–Trinajstić information content (AvgIpc) is 2.39. The third-order valence-corrected chi connectivity index (χ3v) is 2.65. The number of aromatic hydroxyl groups is 1. The van der Waals surface area contributed by atoms with Gasteiger partial charge in [-0.25, -0.2) is 0 Å². The molecule has 0 fully saturated rings. The Morgan fingerprint density at radius 1 is 0.824 bits per heavy atom. The van der Waals surface area contributed by atoms with Crippen LogP contribution in [0.1, 0.15) is 0 Å². The van der Waals surface area contributed by atoms with Crippen molar-refractivity contribution >= 4 is 11.0 Å². The van der Waals surface area contributed by atoms with Crippen molar-refractivity contribution in [2.75, 3.05) is 0 Å². The van der Waals surface area contributed by atoms with Crippen LogP contribution >= 0.6 is 0 Å². The lowest BCUT2D eigenvalue weighted by atomic mass is 10.1. The van der Waals surface area contributed by atoms with Gasteiger partial charge in [-0.05, 0) is 35.9 Å². The van der Waals surface area contributed by atoms with Crippen LogP contribution in [0.3, 0.4) is 0 Å². The number of phenols is 1. The fourth-order valence-electron chi connectivity index (χ4n) is 1.76. The predicted octanol–water partition coefficient (Wildman–Crippen LogP) is 3.00. The van der Waals surface area contributed by atoms with Crippen LogP contribution in [0.25, 0.3) is 22.2 Å². The lowest BCUT2D eigenvalue weighted by Crippen LogP contribution is -1.84. The van der Waals surface area contributed by atoms with Gasteiger partial charge >= 0.3 is 0 Å². The van der Waals surface area contributed by atoms with Gasteiger partial charge in [-0.2, -0.15) is 0 Å². The van der Waals surface area contributed by atoms with Crippen molar-refractivity contribution in [2.45, 2.75) is 0 Å². The van der Waals surface area contributed by atoms with E-state index in [1.807, 2.05) is 36.5 Å². The number of hydrogen-bond donors (Lipinski definition) is 1. The van der Waals surface area contributed by atoms with E-state index in [0.717, 1.165) is 22.2 Å². The van der Waals surface area contributed by atoms with Gasteiger partial charge in [0.1, 0.15) is 5.75 Å². The van der Waals surface area contributed by atoms with Gasteiger partial charge in [0.2, 0.25) is 0 Å². The fourth-order valence-corrected chi connectivity index (χ4v) is 1.76. The zero-order valence-electron chi connectivity index (χ0n) is 9.04. The van der Waals surface area contributed by atoms with Crippen molar-refractivity contribution in [1.82, 2.24) is 9.97 Å². The van der Waals surface area contributed by atoms with Gasteiger partial charge in [-0.15, -0.1) is 0 Å². The summed E-state index contributed by atoms with van der Waals surface area (Å²) >= 11 is 0. The SMILES string of the molecule is Oc1ccc(-c2cnc3cccnc3c2)cc1. The third-order valence-electron chi connectivity index (χ3n) is 2.65. The molecule has 0 saturated carbocycles. The first kappa shape index (κ1) is 9.78. The number of fused-ring (bicyclic) bond motifs is 1. The molecule has 1 N–H and O–H groups in total. The lowest BCUT2D eigenvalue weighted by Gasteiger charge is -2.02. The highest BCUT2D eigenvalue weighted by atomic mass is 16.3. The zero-order chi connectivity index (χ0) is 11.7. The van der Waals surface area contributed by atoms with Gasteiger partial charge in [0.05, 0.1) is 11.0 Å². The molecule has 2 aromatic heterocycles. The summed E-state index contributed by atoms with van der Waals surface area (Å²) in [6, 6.07) is 12.9. The monoisotopic (exact) mass is 222 g/mol. The minimum Gasteiger partial charge on any atom is -0.508 e. The Kier molecular flexibility index (Phi) is 2.22. The highest BCUT2D eigenvalue weighted by molar-refractivity contribution is 5.79. The van der Waals surface area contributed by atoms with Crippen LogP contribution in [-0.4, -0.2) is 15.1 Å². The van der Waals surface area contributed by atoms with Crippen molar-refractivity contribution in [3.63, 3.8) is 0 Å². The summed E-state index contributed by atoms with van der Waals surface area (Å²) < 4.78 is 0. The standard InChI is InChI=1S/C14H10N2O/c17-12-5-3-10(4-6-12)11-8-14-13(16-9-11)2-1-7-15-14/h1-9,17H. The second-order valence-corrected chi connectivity index (χ2v) is 3.81. The number of rotatable bonds is 1. The van der Waals surface area contributed by atoms with Crippen molar-refractivity contribution in [3.8, 4) is 16.9 Å². The molecule has 82 valence electrons. The van der Waals surface area contributed by atoms with Gasteiger partial charge in [-0.3, -0.25) is 9.97 Å². The molecule has 0 aliphatic heterocycles. The second-order valence-electron chi connectivity index (χ2n) is 3.81. The summed E-state index contributed by atoms with van der Waals surface area (Å²) in [5.41, 5.74) is 3.77. The zero-order valence-corrected chi connectivity index (χ0v) is 9.04. The summed E-state index contributed by atoms with van der Waals surface area (Å²) in [7, 11) is 0. The van der Waals surface area contributed by atoms with E-state index in [-0.39, 0.29) is 5.75 Å². The maximum atomic E-state index is 9.25. The van der Waals surface area contributed by atoms with E-state index in [1.165, 1.54) is 0 Å². The van der Waals surface area contributed by atoms with Crippen LogP contribution < -0.4 is 0 Å². The summed E-state index contributed by atoms with van der Waals surface area (Å²) in [6.07, 6.45) is 3.57. The first-order valence-corrected chi connectivity index (χ1v) is 5.33. The van der Waals surface area contributed by atoms with Gasteiger partial charge in [0.15, 0.2) is 0 Å². The molecule has 0 amide bonds. The molecule has 17 heavy (non-hydrogen) atoms. The van der Waals surface area contributed by atoms with E-state index < -0.39 is 0 Å². The summed E-state index contributed by atoms with van der Waals surface area (Å²) in [4.78, 5) is 8.63. The first-order chi connectivity index (χ1) is 8.33. The van der Waals surface area contributed by atoms with Gasteiger partial charge in [0, 0.05) is 18.0 Å². The predicted molar refractivity (Wildman–Crippen MR) is 66.6 cm³/mol. The van der Waals surface area contributed by atoms with E-state index in [4.69, 9.17) is 0 Å². The van der Waals surface area contributed by atoms with Crippen molar-refractivity contribution < 1.29 is 5.11 Å². The minimum atomic E-state index is 0.264. The molecule has 1 aromatic carbocycles. The van der Waals surface area contributed by atoms with E-state index in [9.17, 15) is 5.11 Å². The Morgan fingerprint density at radius 3 is 2.47 bits per heavy atom. The molecule has 0 radical (unpaired) electrons. The number of hydrogen-bond acceptors (Lipinski definition) is 3. The molecule has 0 aliphatic carbocycles. The Morgan fingerprint density at radius 2 is 1.65 bits per heavy atom. The molecule has 0 atom stereocenters. The Balaban J connectivity index is 2.14. The van der Waals surface area contributed by atoms with Crippen molar-refractivity contribution in [3.05, 3.63) is 54.9 Å². The molecule has 0 spiro atoms. The lowest BCUT2D eigenvalue weighted by molar-refractivity contribution is 0.475.